The average molecular weight is 303 g/mol. The molecule has 4 saturated carbocycles. The van der Waals surface area contributed by atoms with E-state index in [0.29, 0.717) is 10.8 Å². The highest BCUT2D eigenvalue weighted by Crippen LogP contribution is 2.64. The second kappa shape index (κ2) is 5.52. The molecule has 22 heavy (non-hydrogen) atoms. The van der Waals surface area contributed by atoms with Crippen molar-refractivity contribution >= 4 is 0 Å². The maximum absolute atomic E-state index is 2.68. The Morgan fingerprint density at radius 2 is 1.36 bits per heavy atom. The maximum atomic E-state index is 2.68. The van der Waals surface area contributed by atoms with Gasteiger partial charge in [-0.05, 0) is 85.4 Å². The topological polar surface area (TPSA) is 0 Å². The Bertz CT molecular complexity index is 394. The summed E-state index contributed by atoms with van der Waals surface area (Å²) in [5, 5.41) is 0. The molecule has 0 aromatic carbocycles. The van der Waals surface area contributed by atoms with Crippen molar-refractivity contribution in [3.05, 3.63) is 0 Å². The fourth-order valence-electron chi connectivity index (χ4n) is 7.78. The van der Waals surface area contributed by atoms with Crippen LogP contribution in [0, 0.1) is 40.4 Å². The standard InChI is InChI=1S/C22H38/c1-21(2,22(3)14-5-4-6-15-22)19-13-12-17-11-10-16-8-7-9-18(19)20(16)17/h16-20H,4-15H2,1-3H3. The summed E-state index contributed by atoms with van der Waals surface area (Å²) in [6.07, 6.45) is 18.5. The predicted octanol–water partition coefficient (Wildman–Crippen LogP) is 6.84. The van der Waals surface area contributed by atoms with E-state index in [-0.39, 0.29) is 0 Å². The lowest BCUT2D eigenvalue weighted by Gasteiger charge is -2.58. The molecule has 0 radical (unpaired) electrons. The van der Waals surface area contributed by atoms with Crippen LogP contribution in [0.2, 0.25) is 0 Å². The van der Waals surface area contributed by atoms with Crippen molar-refractivity contribution in [3.8, 4) is 0 Å². The van der Waals surface area contributed by atoms with E-state index in [1.807, 2.05) is 0 Å². The fourth-order valence-corrected chi connectivity index (χ4v) is 7.78. The monoisotopic (exact) mass is 302 g/mol. The van der Waals surface area contributed by atoms with Gasteiger partial charge < -0.3 is 0 Å². The van der Waals surface area contributed by atoms with Gasteiger partial charge in [0.15, 0.2) is 0 Å². The summed E-state index contributed by atoms with van der Waals surface area (Å²) < 4.78 is 0. The zero-order chi connectivity index (χ0) is 15.4. The minimum absolute atomic E-state index is 0.563. The van der Waals surface area contributed by atoms with Crippen LogP contribution < -0.4 is 0 Å². The van der Waals surface area contributed by atoms with Gasteiger partial charge in [-0.2, -0.15) is 0 Å². The molecule has 0 amide bonds. The van der Waals surface area contributed by atoms with Gasteiger partial charge in [0.25, 0.3) is 0 Å². The van der Waals surface area contributed by atoms with E-state index in [9.17, 15) is 0 Å². The summed E-state index contributed by atoms with van der Waals surface area (Å²) in [7, 11) is 0. The molecule has 0 aromatic heterocycles. The molecule has 5 atom stereocenters. The first-order chi connectivity index (χ1) is 10.5. The smallest absolute Gasteiger partial charge is 0.0269 e. The van der Waals surface area contributed by atoms with Crippen LogP contribution in [0.4, 0.5) is 0 Å². The normalized spacial score (nSPS) is 44.6. The SMILES string of the molecule is CC1(C(C)(C)C2CCC3CCC4CCCC2C43)CCCCC1. The van der Waals surface area contributed by atoms with Gasteiger partial charge in [0, 0.05) is 0 Å². The number of rotatable bonds is 2. The van der Waals surface area contributed by atoms with E-state index in [4.69, 9.17) is 0 Å². The zero-order valence-electron chi connectivity index (χ0n) is 15.4. The van der Waals surface area contributed by atoms with Gasteiger partial charge in [0.1, 0.15) is 0 Å². The van der Waals surface area contributed by atoms with Crippen molar-refractivity contribution in [2.75, 3.05) is 0 Å². The maximum Gasteiger partial charge on any atom is -0.0269 e. The van der Waals surface area contributed by atoms with Crippen molar-refractivity contribution in [1.29, 1.82) is 0 Å². The van der Waals surface area contributed by atoms with E-state index in [1.54, 1.807) is 44.9 Å². The molecule has 0 saturated heterocycles. The quantitative estimate of drug-likeness (QED) is 0.524. The third-order valence-corrected chi connectivity index (χ3v) is 9.41. The lowest BCUT2D eigenvalue weighted by atomic mass is 9.47. The van der Waals surface area contributed by atoms with Crippen molar-refractivity contribution in [2.24, 2.45) is 40.4 Å². The molecule has 0 heteroatoms. The number of hydrogen-bond acceptors (Lipinski definition) is 0. The van der Waals surface area contributed by atoms with Crippen LogP contribution in [0.5, 0.6) is 0 Å². The molecule has 0 aromatic rings. The van der Waals surface area contributed by atoms with Crippen molar-refractivity contribution in [3.63, 3.8) is 0 Å². The molecule has 4 aliphatic rings. The van der Waals surface area contributed by atoms with E-state index < -0.39 is 0 Å². The van der Waals surface area contributed by atoms with Gasteiger partial charge in [0.2, 0.25) is 0 Å². The van der Waals surface area contributed by atoms with Crippen LogP contribution in [0.15, 0.2) is 0 Å². The molecule has 0 bridgehead atoms. The molecule has 0 heterocycles. The molecular formula is C22H38. The van der Waals surface area contributed by atoms with Crippen LogP contribution in [-0.2, 0) is 0 Å². The Hall–Kier alpha value is 0. The number of hydrogen-bond donors (Lipinski definition) is 0. The van der Waals surface area contributed by atoms with Crippen LogP contribution in [0.3, 0.4) is 0 Å². The lowest BCUT2D eigenvalue weighted by Crippen LogP contribution is -2.50. The van der Waals surface area contributed by atoms with Crippen LogP contribution >= 0.6 is 0 Å². The Balaban J connectivity index is 1.60. The van der Waals surface area contributed by atoms with Gasteiger partial charge in [-0.1, -0.05) is 52.9 Å². The second-order valence-corrected chi connectivity index (χ2v) is 10.3. The first kappa shape index (κ1) is 15.5. The molecular weight excluding hydrogens is 264 g/mol. The second-order valence-electron chi connectivity index (χ2n) is 10.3. The van der Waals surface area contributed by atoms with E-state index in [1.165, 1.54) is 32.1 Å². The first-order valence-electron chi connectivity index (χ1n) is 10.5. The zero-order valence-corrected chi connectivity index (χ0v) is 15.4. The van der Waals surface area contributed by atoms with Gasteiger partial charge in [0.05, 0.1) is 0 Å². The van der Waals surface area contributed by atoms with Crippen LogP contribution in [-0.4, -0.2) is 0 Å². The molecule has 0 aliphatic heterocycles. The molecule has 4 rings (SSSR count). The van der Waals surface area contributed by atoms with Crippen molar-refractivity contribution in [2.45, 2.75) is 97.8 Å². The fraction of sp³-hybridized carbons (Fsp3) is 1.00. The molecule has 0 spiro atoms. The molecule has 4 aliphatic carbocycles. The largest absolute Gasteiger partial charge is 0.0591 e. The summed E-state index contributed by atoms with van der Waals surface area (Å²) in [5.41, 5.74) is 1.18. The Morgan fingerprint density at radius 3 is 2.09 bits per heavy atom. The summed E-state index contributed by atoms with van der Waals surface area (Å²) >= 11 is 0. The molecule has 0 N–H and O–H groups in total. The third kappa shape index (κ3) is 2.22. The van der Waals surface area contributed by atoms with E-state index in [0.717, 1.165) is 29.6 Å². The predicted molar refractivity (Wildman–Crippen MR) is 94.7 cm³/mol. The molecule has 0 nitrogen and oxygen atoms in total. The van der Waals surface area contributed by atoms with Crippen molar-refractivity contribution < 1.29 is 0 Å². The summed E-state index contributed by atoms with van der Waals surface area (Å²) in [5.74, 6) is 5.51. The first-order valence-corrected chi connectivity index (χ1v) is 10.5. The van der Waals surface area contributed by atoms with E-state index in [2.05, 4.69) is 20.8 Å². The van der Waals surface area contributed by atoms with Crippen LogP contribution in [0.1, 0.15) is 97.8 Å². The summed E-state index contributed by atoms with van der Waals surface area (Å²) in [4.78, 5) is 0. The van der Waals surface area contributed by atoms with Gasteiger partial charge in [-0.3, -0.25) is 0 Å². The summed E-state index contributed by atoms with van der Waals surface area (Å²) in [6, 6.07) is 0. The van der Waals surface area contributed by atoms with Gasteiger partial charge in [-0.25, -0.2) is 0 Å². The van der Waals surface area contributed by atoms with E-state index >= 15 is 0 Å². The molecule has 4 fully saturated rings. The van der Waals surface area contributed by atoms with Gasteiger partial charge in [-0.15, -0.1) is 0 Å². The Labute approximate surface area is 138 Å². The van der Waals surface area contributed by atoms with Gasteiger partial charge >= 0.3 is 0 Å². The third-order valence-electron chi connectivity index (χ3n) is 9.41. The molecule has 126 valence electrons. The molecule has 5 unspecified atom stereocenters. The summed E-state index contributed by atoms with van der Waals surface area (Å²) in [6.45, 7) is 8.02. The highest BCUT2D eigenvalue weighted by Gasteiger charge is 2.55. The average Bonchev–Trinajstić information content (AvgIpc) is 2.93. The highest BCUT2D eigenvalue weighted by molar-refractivity contribution is 5.04. The Kier molecular flexibility index (Phi) is 3.90. The minimum Gasteiger partial charge on any atom is -0.0591 e. The van der Waals surface area contributed by atoms with Crippen molar-refractivity contribution in [1.82, 2.24) is 0 Å². The minimum atomic E-state index is 0.563. The lowest BCUT2D eigenvalue weighted by molar-refractivity contribution is -0.0862. The van der Waals surface area contributed by atoms with Crippen LogP contribution in [0.25, 0.3) is 0 Å². The highest BCUT2D eigenvalue weighted by atomic mass is 14.6. The Morgan fingerprint density at radius 1 is 0.727 bits per heavy atom.